The van der Waals surface area contributed by atoms with Gasteiger partial charge in [0.1, 0.15) is 17.5 Å². The zero-order valence-electron chi connectivity index (χ0n) is 14.8. The average Bonchev–Trinajstić information content (AvgIpc) is 2.58. The minimum absolute atomic E-state index is 0.0497. The van der Waals surface area contributed by atoms with Gasteiger partial charge in [0.15, 0.2) is 0 Å². The fourth-order valence-corrected chi connectivity index (χ4v) is 3.28. The summed E-state index contributed by atoms with van der Waals surface area (Å²) >= 11 is 0. The molecule has 1 atom stereocenters. The van der Waals surface area contributed by atoms with Crippen molar-refractivity contribution in [2.45, 2.75) is 46.5 Å². The van der Waals surface area contributed by atoms with E-state index in [1.807, 2.05) is 6.20 Å². The smallest absolute Gasteiger partial charge is 0.129 e. The highest BCUT2D eigenvalue weighted by Crippen LogP contribution is 2.35. The second-order valence-electron chi connectivity index (χ2n) is 6.71. The molecule has 2 aliphatic rings. The molecule has 0 aromatic heterocycles. The first-order chi connectivity index (χ1) is 11.4. The molecule has 4 heteroatoms. The Morgan fingerprint density at radius 1 is 1.46 bits per heavy atom. The van der Waals surface area contributed by atoms with Crippen molar-refractivity contribution in [3.8, 4) is 0 Å². The van der Waals surface area contributed by atoms with E-state index < -0.39 is 11.7 Å². The van der Waals surface area contributed by atoms with Gasteiger partial charge >= 0.3 is 0 Å². The molecule has 130 valence electrons. The predicted octanol–water partition coefficient (Wildman–Crippen LogP) is 5.68. The van der Waals surface area contributed by atoms with Crippen LogP contribution in [0.4, 0.5) is 8.78 Å². The van der Waals surface area contributed by atoms with Gasteiger partial charge in [0, 0.05) is 23.6 Å². The van der Waals surface area contributed by atoms with Crippen molar-refractivity contribution in [3.63, 3.8) is 0 Å². The van der Waals surface area contributed by atoms with E-state index in [-0.39, 0.29) is 17.4 Å². The Hall–Kier alpha value is -1.97. The molecule has 0 radical (unpaired) electrons. The number of hydrogen-bond donors (Lipinski definition) is 1. The number of nitrogens with zero attached hydrogens (tertiary/aromatic N) is 1. The third kappa shape index (κ3) is 4.11. The third-order valence-electron chi connectivity index (χ3n) is 4.49. The molecule has 0 spiro atoms. The Labute approximate surface area is 143 Å². The number of rotatable bonds is 6. The van der Waals surface area contributed by atoms with Crippen LogP contribution in [0.2, 0.25) is 0 Å². The highest BCUT2D eigenvalue weighted by molar-refractivity contribution is 6.01. The summed E-state index contributed by atoms with van der Waals surface area (Å²) in [5, 5.41) is 3.18. The van der Waals surface area contributed by atoms with Crippen molar-refractivity contribution < 1.29 is 8.78 Å². The summed E-state index contributed by atoms with van der Waals surface area (Å²) < 4.78 is 27.9. The van der Waals surface area contributed by atoms with Gasteiger partial charge in [0.2, 0.25) is 0 Å². The Morgan fingerprint density at radius 2 is 2.21 bits per heavy atom. The van der Waals surface area contributed by atoms with Crippen LogP contribution in [0.1, 0.15) is 46.5 Å². The Balaban J connectivity index is 2.23. The maximum Gasteiger partial charge on any atom is 0.129 e. The lowest BCUT2D eigenvalue weighted by Gasteiger charge is -2.32. The number of dihydropyridines is 1. The summed E-state index contributed by atoms with van der Waals surface area (Å²) in [4.78, 5) is 4.64. The minimum Gasteiger partial charge on any atom is -0.347 e. The molecule has 0 amide bonds. The van der Waals surface area contributed by atoms with E-state index in [4.69, 9.17) is 0 Å². The van der Waals surface area contributed by atoms with Gasteiger partial charge < -0.3 is 5.32 Å². The van der Waals surface area contributed by atoms with Gasteiger partial charge in [-0.15, -0.1) is 0 Å². The molecule has 0 saturated heterocycles. The lowest BCUT2D eigenvalue weighted by Crippen LogP contribution is -2.33. The normalized spacial score (nSPS) is 24.9. The molecule has 0 aromatic rings. The summed E-state index contributed by atoms with van der Waals surface area (Å²) in [5.41, 5.74) is 2.17. The van der Waals surface area contributed by atoms with Crippen molar-refractivity contribution in [2.75, 3.05) is 6.54 Å². The van der Waals surface area contributed by atoms with Crippen LogP contribution in [0.25, 0.3) is 0 Å². The Bertz CT molecular complexity index is 665. The summed E-state index contributed by atoms with van der Waals surface area (Å²) in [7, 11) is 0. The number of aliphatic imine (C=N–C) groups is 1. The third-order valence-corrected chi connectivity index (χ3v) is 4.49. The second-order valence-corrected chi connectivity index (χ2v) is 6.71. The van der Waals surface area contributed by atoms with Gasteiger partial charge in [0.05, 0.1) is 6.54 Å². The fraction of sp³-hybridized carbons (Fsp3) is 0.450. The van der Waals surface area contributed by atoms with Crippen LogP contribution in [-0.4, -0.2) is 12.4 Å². The molecule has 0 bridgehead atoms. The topological polar surface area (TPSA) is 24.4 Å². The molecule has 0 aliphatic carbocycles. The number of hydrogen-bond acceptors (Lipinski definition) is 2. The number of halogens is 2. The van der Waals surface area contributed by atoms with Gasteiger partial charge in [-0.3, -0.25) is 4.99 Å². The highest BCUT2D eigenvalue weighted by atomic mass is 19.1. The van der Waals surface area contributed by atoms with Gasteiger partial charge in [0.25, 0.3) is 0 Å². The maximum absolute atomic E-state index is 14.0. The quantitative estimate of drug-likeness (QED) is 0.622. The minimum atomic E-state index is -0.612. The number of fused-ring (bicyclic) bond motifs is 1. The zero-order valence-corrected chi connectivity index (χ0v) is 14.8. The van der Waals surface area contributed by atoms with E-state index in [2.05, 4.69) is 36.8 Å². The number of amidine groups is 1. The van der Waals surface area contributed by atoms with Crippen LogP contribution in [0.3, 0.4) is 0 Å². The van der Waals surface area contributed by atoms with E-state index in [1.54, 1.807) is 6.92 Å². The number of nitrogens with one attached hydrogen (secondary N) is 1. The van der Waals surface area contributed by atoms with Crippen LogP contribution in [0.5, 0.6) is 0 Å². The van der Waals surface area contributed by atoms with E-state index in [1.165, 1.54) is 6.08 Å². The van der Waals surface area contributed by atoms with Crippen LogP contribution in [-0.2, 0) is 0 Å². The molecule has 1 N–H and O–H groups in total. The van der Waals surface area contributed by atoms with Crippen molar-refractivity contribution >= 4 is 5.84 Å². The first-order valence-corrected chi connectivity index (χ1v) is 8.46. The lowest BCUT2D eigenvalue weighted by molar-refractivity contribution is 0.392. The summed E-state index contributed by atoms with van der Waals surface area (Å²) in [6.07, 6.45) is 9.49. The van der Waals surface area contributed by atoms with Crippen molar-refractivity contribution in [2.24, 2.45) is 10.4 Å². The summed E-state index contributed by atoms with van der Waals surface area (Å²) in [6.45, 7) is 10.1. The molecule has 0 saturated carbocycles. The molecule has 2 rings (SSSR count). The SMILES string of the molecule is C=C/C(F)=C(CC1=CNC2=NCC(C)(CCC)C=C2C1)\C(F)=C/C. The van der Waals surface area contributed by atoms with E-state index in [9.17, 15) is 8.78 Å². The standard InChI is InChI=1S/C20H26F2N2/c1-5-8-20(4)11-15-9-14(12-23-19(15)24-13-20)10-16(17(21)6-2)18(22)7-3/h6-7,11-12H,2,5,8-10,13H2,1,3-4H3,(H,23,24)/b17-16+,18-7+. The van der Waals surface area contributed by atoms with E-state index >= 15 is 0 Å². The fourth-order valence-electron chi connectivity index (χ4n) is 3.28. The summed E-state index contributed by atoms with van der Waals surface area (Å²) in [5.74, 6) is -0.269. The molecular formula is C20H26F2N2. The van der Waals surface area contributed by atoms with Crippen LogP contribution in [0.15, 0.2) is 64.4 Å². The van der Waals surface area contributed by atoms with Gasteiger partial charge in [-0.25, -0.2) is 8.78 Å². The molecule has 2 nitrogen and oxygen atoms in total. The van der Waals surface area contributed by atoms with Crippen molar-refractivity contribution in [1.82, 2.24) is 5.32 Å². The molecular weight excluding hydrogens is 306 g/mol. The first kappa shape index (κ1) is 18.4. The van der Waals surface area contributed by atoms with E-state index in [0.29, 0.717) is 6.42 Å². The van der Waals surface area contributed by atoms with Gasteiger partial charge in [-0.1, -0.05) is 39.0 Å². The Morgan fingerprint density at radius 3 is 2.83 bits per heavy atom. The molecule has 2 aliphatic heterocycles. The van der Waals surface area contributed by atoms with Gasteiger partial charge in [-0.05, 0) is 37.0 Å². The molecule has 0 fully saturated rings. The molecule has 2 heterocycles. The highest BCUT2D eigenvalue weighted by Gasteiger charge is 2.28. The van der Waals surface area contributed by atoms with Crippen LogP contribution < -0.4 is 5.32 Å². The monoisotopic (exact) mass is 332 g/mol. The van der Waals surface area contributed by atoms with Gasteiger partial charge in [-0.2, -0.15) is 0 Å². The van der Waals surface area contributed by atoms with Crippen molar-refractivity contribution in [1.29, 1.82) is 0 Å². The zero-order chi connectivity index (χ0) is 17.7. The predicted molar refractivity (Wildman–Crippen MR) is 97.0 cm³/mol. The van der Waals surface area contributed by atoms with Crippen LogP contribution in [0, 0.1) is 5.41 Å². The second kappa shape index (κ2) is 7.73. The van der Waals surface area contributed by atoms with E-state index in [0.717, 1.165) is 42.4 Å². The maximum atomic E-state index is 14.0. The molecule has 0 aromatic carbocycles. The van der Waals surface area contributed by atoms with Crippen LogP contribution >= 0.6 is 0 Å². The number of allylic oxidation sites excluding steroid dienone is 6. The Kier molecular flexibility index (Phi) is 5.92. The summed E-state index contributed by atoms with van der Waals surface area (Å²) in [6, 6.07) is 0. The lowest BCUT2D eigenvalue weighted by atomic mass is 9.80. The largest absolute Gasteiger partial charge is 0.347 e. The van der Waals surface area contributed by atoms with Crippen molar-refractivity contribution in [3.05, 3.63) is 59.4 Å². The first-order valence-electron chi connectivity index (χ1n) is 8.46. The molecule has 24 heavy (non-hydrogen) atoms. The average molecular weight is 332 g/mol. The molecule has 1 unspecified atom stereocenters.